The van der Waals surface area contributed by atoms with E-state index in [1.807, 2.05) is 0 Å². The van der Waals surface area contributed by atoms with Crippen LogP contribution in [0, 0.1) is 0 Å². The molecule has 2 aromatic heterocycles. The Balaban J connectivity index is 1.63. The maximum absolute atomic E-state index is 11.8. The highest BCUT2D eigenvalue weighted by molar-refractivity contribution is 5.67. The predicted octanol–water partition coefficient (Wildman–Crippen LogP) is 1.98. The molecule has 8 nitrogen and oxygen atoms in total. The van der Waals surface area contributed by atoms with Crippen molar-refractivity contribution in [1.82, 2.24) is 20.2 Å². The van der Waals surface area contributed by atoms with E-state index in [-0.39, 0.29) is 12.0 Å². The SMILES string of the molecule is CCOC(=O)N1CCC[C@H](c2nc(Cc3ccon3)no2)C1. The van der Waals surface area contributed by atoms with Crippen molar-refractivity contribution in [3.05, 3.63) is 29.7 Å². The molecule has 0 spiro atoms. The minimum Gasteiger partial charge on any atom is -0.450 e. The van der Waals surface area contributed by atoms with Gasteiger partial charge in [-0.1, -0.05) is 10.3 Å². The molecule has 2 aromatic rings. The van der Waals surface area contributed by atoms with Gasteiger partial charge in [0, 0.05) is 19.2 Å². The van der Waals surface area contributed by atoms with Crippen LogP contribution >= 0.6 is 0 Å². The number of piperidine rings is 1. The number of rotatable bonds is 4. The average molecular weight is 306 g/mol. The summed E-state index contributed by atoms with van der Waals surface area (Å²) < 4.78 is 15.2. The van der Waals surface area contributed by atoms with Crippen LogP contribution in [0.4, 0.5) is 4.79 Å². The van der Waals surface area contributed by atoms with Crippen LogP contribution in [0.5, 0.6) is 0 Å². The van der Waals surface area contributed by atoms with Gasteiger partial charge >= 0.3 is 6.09 Å². The number of hydrogen-bond acceptors (Lipinski definition) is 7. The lowest BCUT2D eigenvalue weighted by molar-refractivity contribution is 0.0930. The first-order valence-electron chi connectivity index (χ1n) is 7.39. The molecule has 1 aliphatic heterocycles. The molecule has 3 rings (SSSR count). The summed E-state index contributed by atoms with van der Waals surface area (Å²) in [7, 11) is 0. The van der Waals surface area contributed by atoms with E-state index in [4.69, 9.17) is 13.8 Å². The van der Waals surface area contributed by atoms with Gasteiger partial charge < -0.3 is 18.7 Å². The van der Waals surface area contributed by atoms with Gasteiger partial charge in [-0.3, -0.25) is 0 Å². The third-order valence-electron chi connectivity index (χ3n) is 3.61. The first kappa shape index (κ1) is 14.6. The lowest BCUT2D eigenvalue weighted by atomic mass is 9.98. The van der Waals surface area contributed by atoms with Crippen LogP contribution in [-0.4, -0.2) is 46.0 Å². The van der Waals surface area contributed by atoms with Crippen molar-refractivity contribution in [3.63, 3.8) is 0 Å². The summed E-state index contributed by atoms with van der Waals surface area (Å²) in [5, 5.41) is 7.79. The Kier molecular flexibility index (Phi) is 4.36. The number of amides is 1. The van der Waals surface area contributed by atoms with Crippen LogP contribution in [0.2, 0.25) is 0 Å². The second-order valence-corrected chi connectivity index (χ2v) is 5.20. The second kappa shape index (κ2) is 6.59. The maximum atomic E-state index is 11.8. The van der Waals surface area contributed by atoms with Crippen LogP contribution in [0.15, 0.2) is 21.4 Å². The summed E-state index contributed by atoms with van der Waals surface area (Å²) in [6.45, 7) is 3.43. The number of hydrogen-bond donors (Lipinski definition) is 0. The normalized spacial score (nSPS) is 18.4. The highest BCUT2D eigenvalue weighted by Gasteiger charge is 2.29. The summed E-state index contributed by atoms with van der Waals surface area (Å²) in [4.78, 5) is 17.9. The number of likely N-dealkylation sites (tertiary alicyclic amines) is 1. The Morgan fingerprint density at radius 2 is 2.41 bits per heavy atom. The fraction of sp³-hybridized carbons (Fsp3) is 0.571. The van der Waals surface area contributed by atoms with Crippen LogP contribution in [0.1, 0.15) is 43.1 Å². The molecule has 0 N–H and O–H groups in total. The zero-order valence-corrected chi connectivity index (χ0v) is 12.4. The quantitative estimate of drug-likeness (QED) is 0.852. The highest BCUT2D eigenvalue weighted by atomic mass is 16.6. The van der Waals surface area contributed by atoms with Crippen molar-refractivity contribution in [2.45, 2.75) is 32.1 Å². The van der Waals surface area contributed by atoms with E-state index in [0.29, 0.717) is 37.8 Å². The predicted molar refractivity (Wildman–Crippen MR) is 74.2 cm³/mol. The summed E-state index contributed by atoms with van der Waals surface area (Å²) in [6, 6.07) is 1.76. The third-order valence-corrected chi connectivity index (χ3v) is 3.61. The summed E-state index contributed by atoms with van der Waals surface area (Å²) >= 11 is 0. The molecular weight excluding hydrogens is 288 g/mol. The molecule has 1 aliphatic rings. The van der Waals surface area contributed by atoms with E-state index >= 15 is 0 Å². The Morgan fingerprint density at radius 1 is 1.50 bits per heavy atom. The average Bonchev–Trinajstić information content (AvgIpc) is 3.20. The van der Waals surface area contributed by atoms with E-state index in [2.05, 4.69) is 15.3 Å². The molecule has 22 heavy (non-hydrogen) atoms. The molecule has 1 fully saturated rings. The molecular formula is C14H18N4O4. The molecule has 0 radical (unpaired) electrons. The molecule has 0 unspecified atom stereocenters. The van der Waals surface area contributed by atoms with Crippen molar-refractivity contribution in [1.29, 1.82) is 0 Å². The van der Waals surface area contributed by atoms with Gasteiger partial charge in [0.05, 0.1) is 24.6 Å². The molecule has 1 atom stereocenters. The molecule has 0 bridgehead atoms. The van der Waals surface area contributed by atoms with Crippen LogP contribution in [0.3, 0.4) is 0 Å². The molecule has 1 saturated heterocycles. The lowest BCUT2D eigenvalue weighted by Crippen LogP contribution is -2.39. The first-order valence-corrected chi connectivity index (χ1v) is 7.39. The molecule has 8 heteroatoms. The summed E-state index contributed by atoms with van der Waals surface area (Å²) in [6.07, 6.45) is 3.50. The minimum absolute atomic E-state index is 0.0525. The van der Waals surface area contributed by atoms with Gasteiger partial charge in [0.15, 0.2) is 5.82 Å². The summed E-state index contributed by atoms with van der Waals surface area (Å²) in [5.41, 5.74) is 0.754. The number of ether oxygens (including phenoxy) is 1. The molecule has 118 valence electrons. The number of nitrogens with zero attached hydrogens (tertiary/aromatic N) is 4. The van der Waals surface area contributed by atoms with E-state index < -0.39 is 0 Å². The second-order valence-electron chi connectivity index (χ2n) is 5.20. The molecule has 0 aromatic carbocycles. The van der Waals surface area contributed by atoms with Crippen molar-refractivity contribution in [2.24, 2.45) is 0 Å². The topological polar surface area (TPSA) is 94.5 Å². The highest BCUT2D eigenvalue weighted by Crippen LogP contribution is 2.26. The van der Waals surface area contributed by atoms with E-state index in [1.54, 1.807) is 17.9 Å². The van der Waals surface area contributed by atoms with Gasteiger partial charge in [0.1, 0.15) is 6.26 Å². The van der Waals surface area contributed by atoms with Gasteiger partial charge in [-0.15, -0.1) is 0 Å². The molecule has 0 saturated carbocycles. The molecule has 0 aliphatic carbocycles. The number of carbonyl (C=O) groups is 1. The van der Waals surface area contributed by atoms with Crippen LogP contribution in [0.25, 0.3) is 0 Å². The monoisotopic (exact) mass is 306 g/mol. The summed E-state index contributed by atoms with van der Waals surface area (Å²) in [5.74, 6) is 1.18. The smallest absolute Gasteiger partial charge is 0.409 e. The maximum Gasteiger partial charge on any atom is 0.409 e. The largest absolute Gasteiger partial charge is 0.450 e. The fourth-order valence-corrected chi connectivity index (χ4v) is 2.56. The van der Waals surface area contributed by atoms with Crippen molar-refractivity contribution in [2.75, 3.05) is 19.7 Å². The fourth-order valence-electron chi connectivity index (χ4n) is 2.56. The number of carbonyl (C=O) groups excluding carboxylic acids is 1. The number of aromatic nitrogens is 3. The first-order chi connectivity index (χ1) is 10.8. The standard InChI is InChI=1S/C14H18N4O4/c1-2-20-14(19)18-6-3-4-10(9-18)13-15-12(17-22-13)8-11-5-7-21-16-11/h5,7,10H,2-4,6,8-9H2,1H3/t10-/m0/s1. The van der Waals surface area contributed by atoms with Crippen molar-refractivity contribution in [3.8, 4) is 0 Å². The van der Waals surface area contributed by atoms with Gasteiger partial charge in [0.25, 0.3) is 0 Å². The zero-order chi connectivity index (χ0) is 15.4. The Morgan fingerprint density at radius 3 is 3.18 bits per heavy atom. The van der Waals surface area contributed by atoms with E-state index in [0.717, 1.165) is 18.5 Å². The van der Waals surface area contributed by atoms with Gasteiger partial charge in [-0.25, -0.2) is 4.79 Å². The Labute approximate surface area is 127 Å². The van der Waals surface area contributed by atoms with Crippen LogP contribution < -0.4 is 0 Å². The van der Waals surface area contributed by atoms with Crippen molar-refractivity contribution < 1.29 is 18.6 Å². The van der Waals surface area contributed by atoms with E-state index in [1.165, 1.54) is 6.26 Å². The van der Waals surface area contributed by atoms with Crippen LogP contribution in [-0.2, 0) is 11.2 Å². The Hall–Kier alpha value is -2.38. The molecule has 1 amide bonds. The lowest BCUT2D eigenvalue weighted by Gasteiger charge is -2.30. The van der Waals surface area contributed by atoms with Crippen molar-refractivity contribution >= 4 is 6.09 Å². The van der Waals surface area contributed by atoms with E-state index in [9.17, 15) is 4.79 Å². The zero-order valence-electron chi connectivity index (χ0n) is 12.4. The van der Waals surface area contributed by atoms with Gasteiger partial charge in [-0.2, -0.15) is 4.98 Å². The van der Waals surface area contributed by atoms with Gasteiger partial charge in [-0.05, 0) is 19.8 Å². The third kappa shape index (κ3) is 3.26. The minimum atomic E-state index is -0.283. The van der Waals surface area contributed by atoms with Gasteiger partial charge in [0.2, 0.25) is 5.89 Å². The molecule has 3 heterocycles. The Bertz CT molecular complexity index is 610.